The monoisotopic (exact) mass is 321 g/mol. The lowest BCUT2D eigenvalue weighted by atomic mass is 10.1. The molecule has 0 aliphatic rings. The van der Waals surface area contributed by atoms with Crippen molar-refractivity contribution in [2.45, 2.75) is 16.6 Å². The Balaban J connectivity index is 3.70. The normalized spacial score (nSPS) is 13.3. The second-order valence-corrected chi connectivity index (χ2v) is 5.43. The fourth-order valence-electron chi connectivity index (χ4n) is 1.26. The van der Waals surface area contributed by atoms with Gasteiger partial charge in [-0.1, -0.05) is 0 Å². The first-order valence-electron chi connectivity index (χ1n) is 4.61. The number of benzene rings is 1. The number of primary amides is 1. The molecule has 0 fully saturated rings. The molecule has 0 aromatic heterocycles. The van der Waals surface area contributed by atoms with E-state index in [4.69, 9.17) is 5.73 Å². The van der Waals surface area contributed by atoms with E-state index in [0.29, 0.717) is 6.07 Å². The van der Waals surface area contributed by atoms with Crippen LogP contribution in [0.25, 0.3) is 0 Å². The first kappa shape index (κ1) is 16.3. The van der Waals surface area contributed by atoms with Crippen LogP contribution >= 0.6 is 0 Å². The second kappa shape index (κ2) is 4.65. The van der Waals surface area contributed by atoms with E-state index in [1.165, 1.54) is 0 Å². The number of alkyl halides is 6. The van der Waals surface area contributed by atoms with E-state index in [1.807, 2.05) is 0 Å². The van der Waals surface area contributed by atoms with Crippen LogP contribution in [0.1, 0.15) is 15.9 Å². The fourth-order valence-corrected chi connectivity index (χ4v) is 2.22. The molecule has 0 unspecified atom stereocenters. The largest absolute Gasteiger partial charge is 0.501 e. The maximum absolute atomic E-state index is 12.6. The zero-order valence-corrected chi connectivity index (χ0v) is 10.0. The number of hydrogen-bond acceptors (Lipinski definition) is 3. The average molecular weight is 321 g/mol. The average Bonchev–Trinajstić information content (AvgIpc) is 2.25. The Labute approximate surface area is 108 Å². The Morgan fingerprint density at radius 1 is 1.05 bits per heavy atom. The molecular weight excluding hydrogens is 316 g/mol. The molecule has 0 radical (unpaired) electrons. The number of hydrogen-bond donors (Lipinski definition) is 1. The van der Waals surface area contributed by atoms with Gasteiger partial charge in [-0.2, -0.15) is 26.3 Å². The molecule has 1 rings (SSSR count). The first-order valence-corrected chi connectivity index (χ1v) is 6.09. The van der Waals surface area contributed by atoms with Gasteiger partial charge in [0, 0.05) is 5.56 Å². The van der Waals surface area contributed by atoms with Gasteiger partial charge in [-0.05, 0) is 18.2 Å². The van der Waals surface area contributed by atoms with E-state index < -0.39 is 43.5 Å². The molecule has 0 heterocycles. The van der Waals surface area contributed by atoms with Crippen LogP contribution in [0.3, 0.4) is 0 Å². The minimum Gasteiger partial charge on any atom is -0.366 e. The number of nitrogens with two attached hydrogens (primary N) is 1. The van der Waals surface area contributed by atoms with Gasteiger partial charge in [-0.3, -0.25) is 4.79 Å². The van der Waals surface area contributed by atoms with Crippen LogP contribution in [0.15, 0.2) is 23.1 Å². The van der Waals surface area contributed by atoms with Gasteiger partial charge in [0.1, 0.15) is 0 Å². The summed E-state index contributed by atoms with van der Waals surface area (Å²) in [5.74, 6) is -1.34. The predicted molar refractivity (Wildman–Crippen MR) is 53.2 cm³/mol. The van der Waals surface area contributed by atoms with Crippen LogP contribution < -0.4 is 5.73 Å². The van der Waals surface area contributed by atoms with Gasteiger partial charge in [-0.15, -0.1) is 0 Å². The lowest BCUT2D eigenvalue weighted by Gasteiger charge is -2.15. The standard InChI is InChI=1S/C9H5F6NO3S/c10-8(11,12)5-3-4(7(16)17)1-2-6(5)20(18,19)9(13,14)15/h1-3H,(H2,16,17). The number of amides is 1. The van der Waals surface area contributed by atoms with Crippen LogP contribution in [-0.2, 0) is 16.0 Å². The van der Waals surface area contributed by atoms with Gasteiger partial charge in [0.25, 0.3) is 9.84 Å². The van der Waals surface area contributed by atoms with Gasteiger partial charge in [0.05, 0.1) is 10.5 Å². The highest BCUT2D eigenvalue weighted by Crippen LogP contribution is 2.39. The minimum absolute atomic E-state index is 0.0407. The summed E-state index contributed by atoms with van der Waals surface area (Å²) in [4.78, 5) is 8.74. The van der Waals surface area contributed by atoms with E-state index in [0.717, 1.165) is 0 Å². The molecule has 0 aliphatic heterocycles. The van der Waals surface area contributed by atoms with Crippen LogP contribution in [0, 0.1) is 0 Å². The lowest BCUT2D eigenvalue weighted by molar-refractivity contribution is -0.140. The van der Waals surface area contributed by atoms with Crippen molar-refractivity contribution in [3.63, 3.8) is 0 Å². The number of rotatable bonds is 2. The number of halogens is 6. The maximum Gasteiger partial charge on any atom is 0.501 e. The number of carbonyl (C=O) groups is 1. The summed E-state index contributed by atoms with van der Waals surface area (Å²) in [7, 11) is -6.20. The molecule has 2 N–H and O–H groups in total. The molecular formula is C9H5F6NO3S. The van der Waals surface area contributed by atoms with Crippen molar-refractivity contribution in [1.82, 2.24) is 0 Å². The number of carbonyl (C=O) groups excluding carboxylic acids is 1. The van der Waals surface area contributed by atoms with Gasteiger partial charge in [0.2, 0.25) is 5.91 Å². The van der Waals surface area contributed by atoms with Gasteiger partial charge in [-0.25, -0.2) is 8.42 Å². The SMILES string of the molecule is NC(=O)c1ccc(S(=O)(=O)C(F)(F)F)c(C(F)(F)F)c1. The molecule has 1 aromatic carbocycles. The molecule has 1 aromatic rings. The molecule has 0 saturated carbocycles. The molecule has 0 aliphatic carbocycles. The number of sulfone groups is 1. The third kappa shape index (κ3) is 2.86. The quantitative estimate of drug-likeness (QED) is 0.847. The molecule has 0 atom stereocenters. The summed E-state index contributed by atoms with van der Waals surface area (Å²) in [5.41, 5.74) is -4.08. The third-order valence-corrected chi connectivity index (χ3v) is 3.71. The molecule has 0 saturated heterocycles. The van der Waals surface area contributed by atoms with Crippen molar-refractivity contribution in [2.24, 2.45) is 5.73 Å². The summed E-state index contributed by atoms with van der Waals surface area (Å²) in [6.07, 6.45) is -5.40. The van der Waals surface area contributed by atoms with Crippen LogP contribution in [-0.4, -0.2) is 19.8 Å². The lowest BCUT2D eigenvalue weighted by Crippen LogP contribution is -2.26. The Morgan fingerprint density at radius 3 is 1.90 bits per heavy atom. The zero-order chi connectivity index (χ0) is 15.9. The van der Waals surface area contributed by atoms with Crippen molar-refractivity contribution in [2.75, 3.05) is 0 Å². The highest BCUT2D eigenvalue weighted by atomic mass is 32.2. The second-order valence-electron chi connectivity index (χ2n) is 3.52. The van der Waals surface area contributed by atoms with Crippen molar-refractivity contribution >= 4 is 15.7 Å². The summed E-state index contributed by atoms with van der Waals surface area (Å²) in [6, 6.07) is 0.475. The topological polar surface area (TPSA) is 77.2 Å². The maximum atomic E-state index is 12.6. The van der Waals surface area contributed by atoms with E-state index in [1.54, 1.807) is 0 Å². The summed E-state index contributed by atoms with van der Waals surface area (Å²) < 4.78 is 96.9. The Hall–Kier alpha value is -1.78. The third-order valence-electron chi connectivity index (χ3n) is 2.16. The molecule has 0 spiro atoms. The highest BCUT2D eigenvalue weighted by Gasteiger charge is 2.50. The van der Waals surface area contributed by atoms with Crippen LogP contribution in [0.2, 0.25) is 0 Å². The molecule has 1 amide bonds. The molecule has 0 bridgehead atoms. The van der Waals surface area contributed by atoms with E-state index in [2.05, 4.69) is 0 Å². The smallest absolute Gasteiger partial charge is 0.366 e. The van der Waals surface area contributed by atoms with Crippen LogP contribution in [0.5, 0.6) is 0 Å². The van der Waals surface area contributed by atoms with Crippen LogP contribution in [0.4, 0.5) is 26.3 Å². The summed E-state index contributed by atoms with van der Waals surface area (Å²) in [6.45, 7) is 0. The zero-order valence-electron chi connectivity index (χ0n) is 9.21. The van der Waals surface area contributed by atoms with Crippen molar-refractivity contribution < 1.29 is 39.6 Å². The van der Waals surface area contributed by atoms with Gasteiger partial charge >= 0.3 is 11.7 Å². The van der Waals surface area contributed by atoms with Gasteiger partial charge in [0.15, 0.2) is 0 Å². The predicted octanol–water partition coefficient (Wildman–Crippen LogP) is 2.10. The molecule has 20 heavy (non-hydrogen) atoms. The molecule has 4 nitrogen and oxygen atoms in total. The van der Waals surface area contributed by atoms with Crippen molar-refractivity contribution in [1.29, 1.82) is 0 Å². The van der Waals surface area contributed by atoms with Gasteiger partial charge < -0.3 is 5.73 Å². The minimum atomic E-state index is -6.20. The molecule has 112 valence electrons. The molecule has 11 heteroatoms. The Morgan fingerprint density at radius 2 is 1.55 bits per heavy atom. The summed E-state index contributed by atoms with van der Waals surface area (Å²) in [5, 5.41) is 0. The van der Waals surface area contributed by atoms with Crippen molar-refractivity contribution in [3.8, 4) is 0 Å². The van der Waals surface area contributed by atoms with E-state index in [-0.39, 0.29) is 12.1 Å². The fraction of sp³-hybridized carbons (Fsp3) is 0.222. The van der Waals surface area contributed by atoms with E-state index >= 15 is 0 Å². The van der Waals surface area contributed by atoms with E-state index in [9.17, 15) is 39.6 Å². The Kier molecular flexibility index (Phi) is 3.78. The first-order chi connectivity index (χ1) is 8.78. The van der Waals surface area contributed by atoms with Crippen molar-refractivity contribution in [3.05, 3.63) is 29.3 Å². The Bertz CT molecular complexity index is 647. The highest BCUT2D eigenvalue weighted by molar-refractivity contribution is 7.92. The summed E-state index contributed by atoms with van der Waals surface area (Å²) >= 11 is 0.